The van der Waals surface area contributed by atoms with Gasteiger partial charge in [0.2, 0.25) is 0 Å². The van der Waals surface area contributed by atoms with Crippen molar-refractivity contribution >= 4 is 0 Å². The van der Waals surface area contributed by atoms with E-state index in [1.807, 2.05) is 0 Å². The number of likely N-dealkylation sites (N-methyl/N-ethyl adjacent to an activating group) is 2. The van der Waals surface area contributed by atoms with Gasteiger partial charge in [0.05, 0.1) is 18.3 Å². The Kier molecular flexibility index (Phi) is 4.86. The van der Waals surface area contributed by atoms with Gasteiger partial charge >= 0.3 is 0 Å². The summed E-state index contributed by atoms with van der Waals surface area (Å²) >= 11 is 0. The van der Waals surface area contributed by atoms with Crippen LogP contribution in [0.5, 0.6) is 0 Å². The normalized spacial score (nSPS) is 40.7. The van der Waals surface area contributed by atoms with Crippen LogP contribution in [0.4, 0.5) is 0 Å². The summed E-state index contributed by atoms with van der Waals surface area (Å²) in [5.74, 6) is 0.362. The quantitative estimate of drug-likeness (QED) is 0.825. The van der Waals surface area contributed by atoms with Crippen LogP contribution >= 0.6 is 0 Å². The van der Waals surface area contributed by atoms with Crippen LogP contribution in [0.25, 0.3) is 0 Å². The maximum Gasteiger partial charge on any atom is 0.0940 e. The molecule has 3 saturated heterocycles. The molecule has 3 aliphatic heterocycles. The predicted molar refractivity (Wildman–Crippen MR) is 81.4 cm³/mol. The van der Waals surface area contributed by atoms with Crippen LogP contribution in [-0.2, 0) is 9.47 Å². The molecule has 5 nitrogen and oxygen atoms in total. The molecule has 3 rings (SSSR count). The van der Waals surface area contributed by atoms with Crippen LogP contribution in [0.3, 0.4) is 0 Å². The summed E-state index contributed by atoms with van der Waals surface area (Å²) < 4.78 is 11.5. The van der Waals surface area contributed by atoms with Gasteiger partial charge in [-0.05, 0) is 39.3 Å². The summed E-state index contributed by atoms with van der Waals surface area (Å²) in [5, 5.41) is 10.7. The molecule has 0 bridgehead atoms. The topological polar surface area (TPSA) is 45.2 Å². The lowest BCUT2D eigenvalue weighted by molar-refractivity contribution is -0.119. The molecule has 3 heterocycles. The van der Waals surface area contributed by atoms with Crippen molar-refractivity contribution in [1.29, 1.82) is 0 Å². The van der Waals surface area contributed by atoms with Crippen molar-refractivity contribution in [3.8, 4) is 0 Å². The molecular weight excluding hydrogens is 268 g/mol. The Hall–Kier alpha value is -0.200. The van der Waals surface area contributed by atoms with Crippen molar-refractivity contribution in [2.24, 2.45) is 5.92 Å². The van der Waals surface area contributed by atoms with E-state index in [4.69, 9.17) is 9.47 Å². The smallest absolute Gasteiger partial charge is 0.0940 e. The van der Waals surface area contributed by atoms with E-state index in [9.17, 15) is 5.11 Å². The molecule has 122 valence electrons. The van der Waals surface area contributed by atoms with E-state index < -0.39 is 0 Å². The fraction of sp³-hybridized carbons (Fsp3) is 1.00. The maximum atomic E-state index is 10.7. The van der Waals surface area contributed by atoms with Crippen LogP contribution < -0.4 is 0 Å². The Morgan fingerprint density at radius 3 is 2.90 bits per heavy atom. The van der Waals surface area contributed by atoms with Crippen molar-refractivity contribution in [3.63, 3.8) is 0 Å². The average Bonchev–Trinajstić information content (AvgIpc) is 2.91. The van der Waals surface area contributed by atoms with Gasteiger partial charge in [-0.15, -0.1) is 0 Å². The van der Waals surface area contributed by atoms with Crippen LogP contribution in [0.1, 0.15) is 25.7 Å². The first-order valence-corrected chi connectivity index (χ1v) is 8.36. The highest BCUT2D eigenvalue weighted by molar-refractivity contribution is 4.93. The Morgan fingerprint density at radius 2 is 2.14 bits per heavy atom. The number of aliphatic hydroxyl groups is 1. The van der Waals surface area contributed by atoms with Gasteiger partial charge in [-0.25, -0.2) is 0 Å². The third kappa shape index (κ3) is 3.59. The molecule has 0 saturated carbocycles. The van der Waals surface area contributed by atoms with Gasteiger partial charge in [-0.1, -0.05) is 0 Å². The third-order valence-corrected chi connectivity index (χ3v) is 5.64. The molecule has 3 fully saturated rings. The van der Waals surface area contributed by atoms with Crippen LogP contribution in [-0.4, -0.2) is 86.2 Å². The molecule has 0 aromatic carbocycles. The molecule has 1 spiro atoms. The zero-order valence-electron chi connectivity index (χ0n) is 13.5. The molecule has 0 aromatic heterocycles. The first kappa shape index (κ1) is 15.7. The number of aliphatic hydroxyl groups excluding tert-OH is 1. The van der Waals surface area contributed by atoms with Crippen LogP contribution in [0.15, 0.2) is 0 Å². The number of hydrogen-bond donors (Lipinski definition) is 1. The standard InChI is InChI=1S/C16H30N2O3/c1-17-5-6-18(2)14(11-17)9-15(19)13-3-7-21-16(10-13)4-8-20-12-16/h13-15,19H,3-12H2,1-2H3. The van der Waals surface area contributed by atoms with Crippen molar-refractivity contribution in [2.45, 2.75) is 43.4 Å². The van der Waals surface area contributed by atoms with E-state index in [0.29, 0.717) is 18.6 Å². The Labute approximate surface area is 128 Å². The molecule has 4 unspecified atom stereocenters. The third-order valence-electron chi connectivity index (χ3n) is 5.64. The summed E-state index contributed by atoms with van der Waals surface area (Å²) in [6.07, 6.45) is 3.59. The SMILES string of the molecule is CN1CCN(C)C(CC(O)C2CCOC3(CCOC3)C2)C1. The van der Waals surface area contributed by atoms with Gasteiger partial charge in [-0.2, -0.15) is 0 Å². The lowest BCUT2D eigenvalue weighted by Gasteiger charge is -2.42. The van der Waals surface area contributed by atoms with Gasteiger partial charge in [-0.3, -0.25) is 0 Å². The van der Waals surface area contributed by atoms with Crippen LogP contribution in [0.2, 0.25) is 0 Å². The largest absolute Gasteiger partial charge is 0.393 e. The first-order chi connectivity index (χ1) is 10.1. The van der Waals surface area contributed by atoms with E-state index in [1.54, 1.807) is 0 Å². The first-order valence-electron chi connectivity index (χ1n) is 8.36. The maximum absolute atomic E-state index is 10.7. The van der Waals surface area contributed by atoms with Gasteiger partial charge in [0.15, 0.2) is 0 Å². The highest BCUT2D eigenvalue weighted by Gasteiger charge is 2.43. The molecule has 0 radical (unpaired) electrons. The molecule has 0 aliphatic carbocycles. The molecule has 0 amide bonds. The summed E-state index contributed by atoms with van der Waals surface area (Å²) in [7, 11) is 4.35. The highest BCUT2D eigenvalue weighted by atomic mass is 16.6. The lowest BCUT2D eigenvalue weighted by Crippen LogP contribution is -2.52. The fourth-order valence-electron chi connectivity index (χ4n) is 4.08. The van der Waals surface area contributed by atoms with E-state index >= 15 is 0 Å². The van der Waals surface area contributed by atoms with E-state index in [1.165, 1.54) is 0 Å². The van der Waals surface area contributed by atoms with E-state index in [-0.39, 0.29) is 11.7 Å². The predicted octanol–water partition coefficient (Wildman–Crippen LogP) is 0.569. The molecule has 5 heteroatoms. The molecular formula is C16H30N2O3. The van der Waals surface area contributed by atoms with Gasteiger partial charge in [0.25, 0.3) is 0 Å². The lowest BCUT2D eigenvalue weighted by atomic mass is 9.80. The van der Waals surface area contributed by atoms with Crippen molar-refractivity contribution in [3.05, 3.63) is 0 Å². The molecule has 0 aromatic rings. The number of nitrogens with zero attached hydrogens (tertiary/aromatic N) is 2. The average molecular weight is 298 g/mol. The minimum atomic E-state index is -0.217. The number of rotatable bonds is 3. The van der Waals surface area contributed by atoms with Gasteiger partial charge in [0.1, 0.15) is 0 Å². The second-order valence-electron chi connectivity index (χ2n) is 7.29. The van der Waals surface area contributed by atoms with E-state index in [0.717, 1.165) is 58.5 Å². The fourth-order valence-corrected chi connectivity index (χ4v) is 4.08. The van der Waals surface area contributed by atoms with Gasteiger partial charge < -0.3 is 24.4 Å². The van der Waals surface area contributed by atoms with Gasteiger partial charge in [0, 0.05) is 45.3 Å². The molecule has 4 atom stereocenters. The zero-order valence-corrected chi connectivity index (χ0v) is 13.5. The molecule has 1 N–H and O–H groups in total. The van der Waals surface area contributed by atoms with Crippen LogP contribution in [0, 0.1) is 5.92 Å². The Bertz CT molecular complexity index is 346. The van der Waals surface area contributed by atoms with E-state index in [2.05, 4.69) is 23.9 Å². The summed E-state index contributed by atoms with van der Waals surface area (Å²) in [4.78, 5) is 4.77. The molecule has 3 aliphatic rings. The molecule has 21 heavy (non-hydrogen) atoms. The van der Waals surface area contributed by atoms with Crippen molar-refractivity contribution < 1.29 is 14.6 Å². The van der Waals surface area contributed by atoms with Crippen molar-refractivity contribution in [1.82, 2.24) is 9.80 Å². The summed E-state index contributed by atoms with van der Waals surface area (Å²) in [6, 6.07) is 0.470. The Morgan fingerprint density at radius 1 is 1.29 bits per heavy atom. The minimum Gasteiger partial charge on any atom is -0.393 e. The number of hydrogen-bond acceptors (Lipinski definition) is 5. The zero-order chi connectivity index (χ0) is 14.9. The summed E-state index contributed by atoms with van der Waals surface area (Å²) in [5.41, 5.74) is -0.0981. The number of piperazine rings is 1. The second kappa shape index (κ2) is 6.50. The second-order valence-corrected chi connectivity index (χ2v) is 7.29. The Balaban J connectivity index is 1.55. The number of ether oxygens (including phenoxy) is 2. The summed E-state index contributed by atoms with van der Waals surface area (Å²) in [6.45, 7) is 5.57. The minimum absolute atomic E-state index is 0.0981. The monoisotopic (exact) mass is 298 g/mol. The highest BCUT2D eigenvalue weighted by Crippen LogP contribution is 2.38. The van der Waals surface area contributed by atoms with Crippen molar-refractivity contribution in [2.75, 3.05) is 53.6 Å².